The zero-order valence-electron chi connectivity index (χ0n) is 10.8. The van der Waals surface area contributed by atoms with Crippen molar-refractivity contribution >= 4 is 5.91 Å². The molecule has 0 aliphatic carbocycles. The summed E-state index contributed by atoms with van der Waals surface area (Å²) in [5.41, 5.74) is 0.565. The Morgan fingerprint density at radius 1 is 1.39 bits per heavy atom. The lowest BCUT2D eigenvalue weighted by atomic mass is 10.2. The van der Waals surface area contributed by atoms with Crippen LogP contribution in [0.15, 0.2) is 24.3 Å². The Morgan fingerprint density at radius 2 is 2.06 bits per heavy atom. The average molecular weight is 246 g/mol. The first kappa shape index (κ1) is 14.0. The molecular weight excluding hydrogens is 228 g/mol. The Kier molecular flexibility index (Phi) is 5.72. The summed E-state index contributed by atoms with van der Waals surface area (Å²) in [5, 5.41) is 8.53. The molecule has 1 rings (SSSR count). The second kappa shape index (κ2) is 7.33. The first-order valence-corrected chi connectivity index (χ1v) is 6.04. The van der Waals surface area contributed by atoms with Gasteiger partial charge in [0.15, 0.2) is 0 Å². The van der Waals surface area contributed by atoms with Gasteiger partial charge in [0.05, 0.1) is 12.7 Å². The van der Waals surface area contributed by atoms with E-state index in [0.29, 0.717) is 12.2 Å². The summed E-state index contributed by atoms with van der Waals surface area (Å²) < 4.78 is 5.51. The van der Waals surface area contributed by atoms with Crippen molar-refractivity contribution in [2.75, 3.05) is 20.2 Å². The molecule has 0 unspecified atom stereocenters. The zero-order chi connectivity index (χ0) is 13.4. The number of nitriles is 1. The number of hydrogen-bond acceptors (Lipinski definition) is 3. The van der Waals surface area contributed by atoms with Gasteiger partial charge in [0, 0.05) is 12.6 Å². The number of carbonyl (C=O) groups is 1. The summed E-state index contributed by atoms with van der Waals surface area (Å²) in [6.07, 6.45) is 2.11. The number of carbonyl (C=O) groups excluding carboxylic acids is 1. The molecule has 1 amide bonds. The minimum atomic E-state index is -0.156. The van der Waals surface area contributed by atoms with Gasteiger partial charge in [-0.3, -0.25) is 4.79 Å². The summed E-state index contributed by atoms with van der Waals surface area (Å²) in [7, 11) is 1.61. The van der Waals surface area contributed by atoms with Gasteiger partial charge in [0.2, 0.25) is 0 Å². The molecule has 4 heteroatoms. The summed E-state index contributed by atoms with van der Waals surface area (Å²) in [6, 6.07) is 8.95. The molecule has 1 aromatic rings. The molecule has 0 fully saturated rings. The Hall–Kier alpha value is -2.02. The van der Waals surface area contributed by atoms with Gasteiger partial charge in [-0.2, -0.15) is 5.26 Å². The number of nitrogens with zero attached hydrogens (tertiary/aromatic N) is 2. The first-order valence-electron chi connectivity index (χ1n) is 6.04. The molecule has 0 aliphatic heterocycles. The number of hydrogen-bond donors (Lipinski definition) is 0. The minimum Gasteiger partial charge on any atom is -0.494 e. The van der Waals surface area contributed by atoms with Crippen LogP contribution in [0.4, 0.5) is 0 Å². The number of amides is 1. The van der Waals surface area contributed by atoms with Crippen LogP contribution in [-0.2, 0) is 0 Å². The Labute approximate surface area is 108 Å². The van der Waals surface area contributed by atoms with E-state index in [2.05, 4.69) is 6.92 Å². The maximum Gasteiger partial charge on any atom is 0.254 e. The van der Waals surface area contributed by atoms with Gasteiger partial charge in [-0.25, -0.2) is 0 Å². The van der Waals surface area contributed by atoms with E-state index in [1.165, 1.54) is 4.90 Å². The lowest BCUT2D eigenvalue weighted by Crippen LogP contribution is -2.26. The highest BCUT2D eigenvalue weighted by molar-refractivity contribution is 5.94. The quantitative estimate of drug-likeness (QED) is 0.572. The molecule has 0 bridgehead atoms. The van der Waals surface area contributed by atoms with Crippen molar-refractivity contribution in [1.29, 1.82) is 5.26 Å². The average Bonchev–Trinajstić information content (AvgIpc) is 2.39. The van der Waals surface area contributed by atoms with Crippen LogP contribution in [0.25, 0.3) is 0 Å². The van der Waals surface area contributed by atoms with Crippen molar-refractivity contribution in [1.82, 2.24) is 4.90 Å². The normalized spacial score (nSPS) is 9.61. The summed E-state index contributed by atoms with van der Waals surface area (Å²) in [6.45, 7) is 2.89. The standard InChI is InChI=1S/C14H18N2O2/c1-3-4-11-18-13-7-5-12(6-8-13)14(17)16(2)10-9-15/h5-8H,3-4,10-11H2,1-2H3. The van der Waals surface area contributed by atoms with Crippen LogP contribution in [0.5, 0.6) is 5.75 Å². The molecule has 0 atom stereocenters. The number of ether oxygens (including phenoxy) is 1. The van der Waals surface area contributed by atoms with Crippen LogP contribution in [0.2, 0.25) is 0 Å². The van der Waals surface area contributed by atoms with E-state index in [1.807, 2.05) is 6.07 Å². The molecule has 18 heavy (non-hydrogen) atoms. The molecule has 96 valence electrons. The SMILES string of the molecule is CCCCOc1ccc(C(=O)N(C)CC#N)cc1. The Bertz CT molecular complexity index is 420. The predicted octanol–water partition coefficient (Wildman–Crippen LogP) is 2.46. The van der Waals surface area contributed by atoms with E-state index < -0.39 is 0 Å². The first-order chi connectivity index (χ1) is 8.69. The number of benzene rings is 1. The summed E-state index contributed by atoms with van der Waals surface area (Å²) in [4.78, 5) is 13.2. The van der Waals surface area contributed by atoms with Gasteiger partial charge < -0.3 is 9.64 Å². The van der Waals surface area contributed by atoms with E-state index in [1.54, 1.807) is 31.3 Å². The largest absolute Gasteiger partial charge is 0.494 e. The highest BCUT2D eigenvalue weighted by Gasteiger charge is 2.10. The fourth-order valence-electron chi connectivity index (χ4n) is 1.43. The minimum absolute atomic E-state index is 0.0909. The van der Waals surface area contributed by atoms with E-state index in [9.17, 15) is 4.79 Å². The molecule has 0 radical (unpaired) electrons. The highest BCUT2D eigenvalue weighted by Crippen LogP contribution is 2.13. The van der Waals surface area contributed by atoms with Crippen LogP contribution >= 0.6 is 0 Å². The van der Waals surface area contributed by atoms with Crippen LogP contribution < -0.4 is 4.74 Å². The highest BCUT2D eigenvalue weighted by atomic mass is 16.5. The third-order valence-corrected chi connectivity index (χ3v) is 2.52. The smallest absolute Gasteiger partial charge is 0.254 e. The van der Waals surface area contributed by atoms with Crippen LogP contribution in [-0.4, -0.2) is 31.0 Å². The number of rotatable bonds is 6. The number of unbranched alkanes of at least 4 members (excludes halogenated alkanes) is 1. The second-order valence-corrected chi connectivity index (χ2v) is 4.05. The lowest BCUT2D eigenvalue weighted by molar-refractivity contribution is 0.0812. The van der Waals surface area contributed by atoms with Gasteiger partial charge in [-0.05, 0) is 30.7 Å². The summed E-state index contributed by atoms with van der Waals surface area (Å²) in [5.74, 6) is 0.611. The van der Waals surface area contributed by atoms with E-state index in [0.717, 1.165) is 18.6 Å². The second-order valence-electron chi connectivity index (χ2n) is 4.05. The molecule has 1 aromatic carbocycles. The van der Waals surface area contributed by atoms with Crippen molar-refractivity contribution in [3.05, 3.63) is 29.8 Å². The monoisotopic (exact) mass is 246 g/mol. The fraction of sp³-hybridized carbons (Fsp3) is 0.429. The molecule has 0 saturated heterocycles. The van der Waals surface area contributed by atoms with Crippen LogP contribution in [0.3, 0.4) is 0 Å². The Morgan fingerprint density at radius 3 is 2.61 bits per heavy atom. The molecule has 0 spiro atoms. The van der Waals surface area contributed by atoms with Gasteiger partial charge in [-0.15, -0.1) is 0 Å². The third kappa shape index (κ3) is 4.10. The zero-order valence-corrected chi connectivity index (χ0v) is 10.8. The van der Waals surface area contributed by atoms with E-state index in [4.69, 9.17) is 10.00 Å². The predicted molar refractivity (Wildman–Crippen MR) is 69.4 cm³/mol. The van der Waals surface area contributed by atoms with Crippen molar-refractivity contribution < 1.29 is 9.53 Å². The van der Waals surface area contributed by atoms with Gasteiger partial charge >= 0.3 is 0 Å². The molecule has 0 heterocycles. The van der Waals surface area contributed by atoms with Crippen molar-refractivity contribution in [3.63, 3.8) is 0 Å². The fourth-order valence-corrected chi connectivity index (χ4v) is 1.43. The molecule has 0 saturated carbocycles. The Balaban J connectivity index is 2.59. The summed E-state index contributed by atoms with van der Waals surface area (Å²) >= 11 is 0. The topological polar surface area (TPSA) is 53.3 Å². The molecule has 0 aliphatic rings. The molecular formula is C14H18N2O2. The molecule has 4 nitrogen and oxygen atoms in total. The van der Waals surface area contributed by atoms with Crippen LogP contribution in [0.1, 0.15) is 30.1 Å². The molecule has 0 N–H and O–H groups in total. The van der Waals surface area contributed by atoms with E-state index in [-0.39, 0.29) is 12.5 Å². The van der Waals surface area contributed by atoms with Crippen molar-refractivity contribution in [3.8, 4) is 11.8 Å². The van der Waals surface area contributed by atoms with Gasteiger partial charge in [-0.1, -0.05) is 13.3 Å². The van der Waals surface area contributed by atoms with Crippen molar-refractivity contribution in [2.45, 2.75) is 19.8 Å². The third-order valence-electron chi connectivity index (χ3n) is 2.52. The lowest BCUT2D eigenvalue weighted by Gasteiger charge is -2.13. The van der Waals surface area contributed by atoms with Gasteiger partial charge in [0.1, 0.15) is 12.3 Å². The maximum atomic E-state index is 11.8. The van der Waals surface area contributed by atoms with Gasteiger partial charge in [0.25, 0.3) is 5.91 Å². The molecule has 0 aromatic heterocycles. The van der Waals surface area contributed by atoms with Crippen molar-refractivity contribution in [2.24, 2.45) is 0 Å². The maximum absolute atomic E-state index is 11.8. The van der Waals surface area contributed by atoms with E-state index >= 15 is 0 Å². The van der Waals surface area contributed by atoms with Crippen LogP contribution in [0, 0.1) is 11.3 Å².